The summed E-state index contributed by atoms with van der Waals surface area (Å²) in [6.07, 6.45) is 2.93. The Hall–Kier alpha value is -4.70. The van der Waals surface area contributed by atoms with E-state index in [-0.39, 0.29) is 17.7 Å². The van der Waals surface area contributed by atoms with Crippen LogP contribution in [0.2, 0.25) is 0 Å². The van der Waals surface area contributed by atoms with Gasteiger partial charge >= 0.3 is 11.9 Å². The number of benzene rings is 2. The molecule has 3 heterocycles. The van der Waals surface area contributed by atoms with E-state index in [0.717, 1.165) is 6.42 Å². The molecule has 9 nitrogen and oxygen atoms in total. The number of ether oxygens (including phenoxy) is 2. The highest BCUT2D eigenvalue weighted by atomic mass is 32.1. The van der Waals surface area contributed by atoms with Crippen molar-refractivity contribution in [2.75, 3.05) is 13.7 Å². The van der Waals surface area contributed by atoms with Crippen molar-refractivity contribution in [3.8, 4) is 17.1 Å². The Morgan fingerprint density at radius 2 is 1.93 bits per heavy atom. The summed E-state index contributed by atoms with van der Waals surface area (Å²) < 4.78 is 18.8. The van der Waals surface area contributed by atoms with Gasteiger partial charge in [0.15, 0.2) is 4.80 Å². The summed E-state index contributed by atoms with van der Waals surface area (Å²) in [7, 11) is 1.56. The minimum absolute atomic E-state index is 0.187. The first kappa shape index (κ1) is 28.8. The second kappa shape index (κ2) is 12.0. The maximum atomic E-state index is 14.0. The molecule has 0 amide bonds. The lowest BCUT2D eigenvalue weighted by molar-refractivity contribution is -0.139. The number of carbonyl (C=O) groups is 2. The maximum Gasteiger partial charge on any atom is 0.338 e. The number of esters is 1. The third-order valence-corrected chi connectivity index (χ3v) is 8.01. The Labute approximate surface area is 245 Å². The molecule has 1 atom stereocenters. The van der Waals surface area contributed by atoms with Crippen LogP contribution in [0, 0.1) is 6.92 Å². The molecule has 0 unspecified atom stereocenters. The lowest BCUT2D eigenvalue weighted by Crippen LogP contribution is -2.40. The summed E-state index contributed by atoms with van der Waals surface area (Å²) in [5.41, 5.74) is 2.71. The highest BCUT2D eigenvalue weighted by Crippen LogP contribution is 2.34. The van der Waals surface area contributed by atoms with Gasteiger partial charge in [-0.2, -0.15) is 0 Å². The molecule has 0 aliphatic carbocycles. The molecule has 1 aliphatic rings. The highest BCUT2D eigenvalue weighted by Gasteiger charge is 2.34. The molecular weight excluding hydrogens is 556 g/mol. The van der Waals surface area contributed by atoms with Crippen LogP contribution in [-0.4, -0.2) is 35.3 Å². The van der Waals surface area contributed by atoms with Crippen LogP contribution < -0.4 is 19.6 Å². The molecule has 4 aromatic rings. The number of carboxylic acids is 1. The molecule has 2 aromatic heterocycles. The van der Waals surface area contributed by atoms with Gasteiger partial charge < -0.3 is 19.0 Å². The number of carbonyl (C=O) groups excluding carboxylic acids is 1. The molecule has 0 bridgehead atoms. The van der Waals surface area contributed by atoms with Gasteiger partial charge in [-0.15, -0.1) is 0 Å². The van der Waals surface area contributed by atoms with E-state index in [1.807, 2.05) is 25.1 Å². The molecule has 0 saturated heterocycles. The number of allylic oxidation sites excluding steroid dienone is 1. The Bertz CT molecular complexity index is 1890. The molecule has 2 aromatic carbocycles. The van der Waals surface area contributed by atoms with Crippen molar-refractivity contribution in [1.82, 2.24) is 4.57 Å². The summed E-state index contributed by atoms with van der Waals surface area (Å²) >= 11 is 1.21. The first-order chi connectivity index (χ1) is 20.3. The largest absolute Gasteiger partial charge is 0.497 e. The SMILES string of the molecule is CCCC1=C(C(=O)OCC)[C@@H](c2cccc(OC)c2)n2c(s/c(=C\c3ccc(-c4cccc(C(=O)O)c4C)o3)c2=O)=N1. The van der Waals surface area contributed by atoms with Crippen molar-refractivity contribution in [2.24, 2.45) is 4.99 Å². The number of aromatic nitrogens is 1. The molecule has 0 fully saturated rings. The molecule has 0 radical (unpaired) electrons. The normalized spacial score (nSPS) is 14.9. The molecule has 1 N–H and O–H groups in total. The van der Waals surface area contributed by atoms with Crippen LogP contribution in [0.5, 0.6) is 5.75 Å². The molecule has 42 heavy (non-hydrogen) atoms. The third-order valence-electron chi connectivity index (χ3n) is 7.03. The minimum atomic E-state index is -1.02. The van der Waals surface area contributed by atoms with Gasteiger partial charge in [0.2, 0.25) is 0 Å². The Morgan fingerprint density at radius 3 is 2.64 bits per heavy atom. The predicted octanol–water partition coefficient (Wildman–Crippen LogP) is 4.85. The van der Waals surface area contributed by atoms with E-state index in [2.05, 4.69) is 0 Å². The second-order valence-corrected chi connectivity index (χ2v) is 10.7. The van der Waals surface area contributed by atoms with Crippen LogP contribution in [0.3, 0.4) is 0 Å². The van der Waals surface area contributed by atoms with Crippen LogP contribution in [0.25, 0.3) is 17.4 Å². The lowest BCUT2D eigenvalue weighted by Gasteiger charge is -2.26. The fourth-order valence-corrected chi connectivity index (χ4v) is 6.09. The molecule has 0 saturated carbocycles. The van der Waals surface area contributed by atoms with Gasteiger partial charge in [0.05, 0.1) is 41.1 Å². The Balaban J connectivity index is 1.67. The van der Waals surface area contributed by atoms with Crippen molar-refractivity contribution >= 4 is 29.4 Å². The van der Waals surface area contributed by atoms with E-state index >= 15 is 0 Å². The number of furan rings is 1. The second-order valence-electron chi connectivity index (χ2n) is 9.68. The zero-order valence-electron chi connectivity index (χ0n) is 23.7. The van der Waals surface area contributed by atoms with Crippen LogP contribution in [-0.2, 0) is 9.53 Å². The number of carboxylic acid groups (broad SMARTS) is 1. The molecule has 216 valence electrons. The standard InChI is InChI=1S/C32H30N2O7S/c1-5-9-24-27(31(38)40-6-2)28(19-10-7-11-20(16-19)39-4)34-29(35)26(42-32(34)33-24)17-21-14-15-25(41-21)22-12-8-13-23(18(22)3)30(36)37/h7-8,10-17,28H,5-6,9H2,1-4H3,(H,36,37)/b26-17-/t28-/m1/s1. The third kappa shape index (κ3) is 5.33. The predicted molar refractivity (Wildman–Crippen MR) is 158 cm³/mol. The van der Waals surface area contributed by atoms with Crippen LogP contribution in [0.1, 0.15) is 60.0 Å². The van der Waals surface area contributed by atoms with E-state index in [1.54, 1.807) is 63.4 Å². The van der Waals surface area contributed by atoms with Crippen molar-refractivity contribution < 1.29 is 28.6 Å². The average Bonchev–Trinajstić information content (AvgIpc) is 3.56. The number of thiazole rings is 1. The molecular formula is C32H30N2O7S. The van der Waals surface area contributed by atoms with Crippen LogP contribution >= 0.6 is 11.3 Å². The summed E-state index contributed by atoms with van der Waals surface area (Å²) in [5.74, 6) is -0.0263. The number of hydrogen-bond acceptors (Lipinski definition) is 8. The smallest absolute Gasteiger partial charge is 0.338 e. The maximum absolute atomic E-state index is 14.0. The fourth-order valence-electron chi connectivity index (χ4n) is 5.09. The average molecular weight is 587 g/mol. The number of nitrogens with zero attached hydrogens (tertiary/aromatic N) is 2. The van der Waals surface area contributed by atoms with Gasteiger partial charge in [0.25, 0.3) is 5.56 Å². The van der Waals surface area contributed by atoms with E-state index < -0.39 is 18.0 Å². The quantitative estimate of drug-likeness (QED) is 0.278. The fraction of sp³-hybridized carbons (Fsp3) is 0.250. The molecule has 0 spiro atoms. The first-order valence-electron chi connectivity index (χ1n) is 13.6. The van der Waals surface area contributed by atoms with Gasteiger partial charge in [-0.25, -0.2) is 14.6 Å². The number of methoxy groups -OCH3 is 1. The van der Waals surface area contributed by atoms with E-state index in [0.29, 0.717) is 61.0 Å². The minimum Gasteiger partial charge on any atom is -0.497 e. The van der Waals surface area contributed by atoms with Crippen molar-refractivity contribution in [3.05, 3.63) is 108 Å². The van der Waals surface area contributed by atoms with Gasteiger partial charge in [0, 0.05) is 11.6 Å². The van der Waals surface area contributed by atoms with E-state index in [4.69, 9.17) is 18.9 Å². The van der Waals surface area contributed by atoms with Crippen LogP contribution in [0.4, 0.5) is 0 Å². The number of rotatable bonds is 9. The van der Waals surface area contributed by atoms with E-state index in [9.17, 15) is 19.5 Å². The molecule has 1 aliphatic heterocycles. The molecule has 10 heteroatoms. The summed E-state index contributed by atoms with van der Waals surface area (Å²) in [6.45, 7) is 5.66. The highest BCUT2D eigenvalue weighted by molar-refractivity contribution is 7.07. The monoisotopic (exact) mass is 586 g/mol. The van der Waals surface area contributed by atoms with Gasteiger partial charge in [-0.3, -0.25) is 9.36 Å². The van der Waals surface area contributed by atoms with Crippen molar-refractivity contribution in [3.63, 3.8) is 0 Å². The summed E-state index contributed by atoms with van der Waals surface area (Å²) in [6, 6.07) is 15.0. The Kier molecular flexibility index (Phi) is 8.26. The zero-order chi connectivity index (χ0) is 30.0. The summed E-state index contributed by atoms with van der Waals surface area (Å²) in [5, 5.41) is 9.50. The van der Waals surface area contributed by atoms with E-state index in [1.165, 1.54) is 15.9 Å². The van der Waals surface area contributed by atoms with Crippen molar-refractivity contribution in [1.29, 1.82) is 0 Å². The molecule has 5 rings (SSSR count). The van der Waals surface area contributed by atoms with Crippen molar-refractivity contribution in [2.45, 2.75) is 39.7 Å². The summed E-state index contributed by atoms with van der Waals surface area (Å²) in [4.78, 5) is 44.1. The van der Waals surface area contributed by atoms with Crippen LogP contribution in [0.15, 0.2) is 80.1 Å². The van der Waals surface area contributed by atoms with Gasteiger partial charge in [0.1, 0.15) is 17.3 Å². The number of hydrogen-bond donors (Lipinski definition) is 1. The zero-order valence-corrected chi connectivity index (χ0v) is 24.5. The number of fused-ring (bicyclic) bond motifs is 1. The first-order valence-corrected chi connectivity index (χ1v) is 14.4. The lowest BCUT2D eigenvalue weighted by atomic mass is 9.94. The Morgan fingerprint density at radius 1 is 1.14 bits per heavy atom. The van der Waals surface area contributed by atoms with Gasteiger partial charge in [-0.1, -0.05) is 48.9 Å². The van der Waals surface area contributed by atoms with Gasteiger partial charge in [-0.05, 0) is 61.7 Å². The number of aromatic carboxylic acids is 1. The topological polar surface area (TPSA) is 120 Å².